The van der Waals surface area contributed by atoms with Gasteiger partial charge in [-0.2, -0.15) is 5.10 Å². The van der Waals surface area contributed by atoms with Crippen LogP contribution in [0.15, 0.2) is 18.3 Å². The lowest BCUT2D eigenvalue weighted by Crippen LogP contribution is -2.19. The molecule has 0 radical (unpaired) electrons. The van der Waals surface area contributed by atoms with Gasteiger partial charge in [0.05, 0.1) is 5.69 Å². The second-order valence-electron chi connectivity index (χ2n) is 5.75. The zero-order chi connectivity index (χ0) is 14.7. The molecule has 0 spiro atoms. The Morgan fingerprint density at radius 3 is 2.60 bits per heavy atom. The highest BCUT2D eigenvalue weighted by Crippen LogP contribution is 2.16. The van der Waals surface area contributed by atoms with Crippen LogP contribution in [0.4, 0.5) is 0 Å². The highest BCUT2D eigenvalue weighted by atomic mass is 15.3. The number of nitrogens with zero attached hydrogens (tertiary/aromatic N) is 3. The zero-order valence-corrected chi connectivity index (χ0v) is 13.1. The molecule has 0 aliphatic carbocycles. The van der Waals surface area contributed by atoms with Crippen molar-refractivity contribution < 1.29 is 0 Å². The lowest BCUT2D eigenvalue weighted by Gasteiger charge is -2.09. The van der Waals surface area contributed by atoms with Gasteiger partial charge in [-0.15, -0.1) is 0 Å². The predicted octanol–water partition coefficient (Wildman–Crippen LogP) is 2.94. The molecule has 0 aromatic carbocycles. The number of aromatic nitrogens is 3. The van der Waals surface area contributed by atoms with Crippen molar-refractivity contribution in [2.75, 3.05) is 6.54 Å². The monoisotopic (exact) mass is 272 g/mol. The summed E-state index contributed by atoms with van der Waals surface area (Å²) in [6.07, 6.45) is 1.85. The van der Waals surface area contributed by atoms with E-state index in [1.165, 1.54) is 11.1 Å². The van der Waals surface area contributed by atoms with Crippen molar-refractivity contribution >= 4 is 0 Å². The van der Waals surface area contributed by atoms with Crippen LogP contribution < -0.4 is 5.32 Å². The van der Waals surface area contributed by atoms with Gasteiger partial charge in [0.15, 0.2) is 5.82 Å². The molecule has 0 saturated heterocycles. The molecular formula is C16H24N4. The van der Waals surface area contributed by atoms with E-state index in [0.29, 0.717) is 5.92 Å². The van der Waals surface area contributed by atoms with Crippen LogP contribution >= 0.6 is 0 Å². The molecule has 0 atom stereocenters. The van der Waals surface area contributed by atoms with Crippen molar-refractivity contribution in [2.45, 2.75) is 41.2 Å². The van der Waals surface area contributed by atoms with E-state index in [1.807, 2.05) is 17.8 Å². The number of hydrogen-bond donors (Lipinski definition) is 1. The standard InChI is InChI=1S/C16H24N4/c1-11(2)9-17-10-15-6-7-18-16(8-15)20-14(5)12(3)13(4)19-20/h6-8,11,17H,9-10H2,1-5H3. The summed E-state index contributed by atoms with van der Waals surface area (Å²) in [7, 11) is 0. The lowest BCUT2D eigenvalue weighted by molar-refractivity contribution is 0.552. The largest absolute Gasteiger partial charge is 0.312 e. The van der Waals surface area contributed by atoms with Crippen LogP contribution in [-0.2, 0) is 6.54 Å². The summed E-state index contributed by atoms with van der Waals surface area (Å²) < 4.78 is 1.93. The lowest BCUT2D eigenvalue weighted by atomic mass is 10.2. The number of aryl methyl sites for hydroxylation is 1. The topological polar surface area (TPSA) is 42.7 Å². The van der Waals surface area contributed by atoms with E-state index in [-0.39, 0.29) is 0 Å². The molecule has 2 rings (SSSR count). The Bertz CT molecular complexity index is 584. The molecule has 0 amide bonds. The maximum absolute atomic E-state index is 4.56. The van der Waals surface area contributed by atoms with Crippen LogP contribution in [0.2, 0.25) is 0 Å². The second-order valence-corrected chi connectivity index (χ2v) is 5.75. The molecule has 2 aromatic heterocycles. The zero-order valence-electron chi connectivity index (χ0n) is 13.1. The second kappa shape index (κ2) is 6.18. The van der Waals surface area contributed by atoms with E-state index in [0.717, 1.165) is 30.3 Å². The molecule has 0 aliphatic heterocycles. The molecular weight excluding hydrogens is 248 g/mol. The first kappa shape index (κ1) is 14.7. The molecule has 0 bridgehead atoms. The number of rotatable bonds is 5. The van der Waals surface area contributed by atoms with E-state index in [1.54, 1.807) is 0 Å². The Labute approximate surface area is 121 Å². The molecule has 0 fully saturated rings. The quantitative estimate of drug-likeness (QED) is 0.910. The smallest absolute Gasteiger partial charge is 0.153 e. The summed E-state index contributed by atoms with van der Waals surface area (Å²) in [5.74, 6) is 1.55. The molecule has 108 valence electrons. The number of nitrogens with one attached hydrogen (secondary N) is 1. The van der Waals surface area contributed by atoms with Crippen LogP contribution in [0.3, 0.4) is 0 Å². The van der Waals surface area contributed by atoms with E-state index in [9.17, 15) is 0 Å². The number of hydrogen-bond acceptors (Lipinski definition) is 3. The molecule has 4 heteroatoms. The maximum Gasteiger partial charge on any atom is 0.153 e. The summed E-state index contributed by atoms with van der Waals surface area (Å²) in [6.45, 7) is 12.5. The van der Waals surface area contributed by atoms with Crippen LogP contribution in [0, 0.1) is 26.7 Å². The molecule has 0 unspecified atom stereocenters. The summed E-state index contributed by atoms with van der Waals surface area (Å²) in [5.41, 5.74) is 4.69. The van der Waals surface area contributed by atoms with Gasteiger partial charge in [-0.05, 0) is 56.5 Å². The van der Waals surface area contributed by atoms with Gasteiger partial charge >= 0.3 is 0 Å². The molecule has 2 aromatic rings. The van der Waals surface area contributed by atoms with Crippen LogP contribution in [-0.4, -0.2) is 21.3 Å². The van der Waals surface area contributed by atoms with Gasteiger partial charge in [-0.25, -0.2) is 9.67 Å². The van der Waals surface area contributed by atoms with Crippen molar-refractivity contribution in [3.63, 3.8) is 0 Å². The molecule has 0 saturated carbocycles. The van der Waals surface area contributed by atoms with Gasteiger partial charge in [-0.1, -0.05) is 13.8 Å². The maximum atomic E-state index is 4.56. The van der Waals surface area contributed by atoms with Crippen molar-refractivity contribution in [1.29, 1.82) is 0 Å². The number of pyridine rings is 1. The van der Waals surface area contributed by atoms with E-state index >= 15 is 0 Å². The van der Waals surface area contributed by atoms with Crippen molar-refractivity contribution in [3.8, 4) is 5.82 Å². The van der Waals surface area contributed by atoms with Gasteiger partial charge in [0.2, 0.25) is 0 Å². The van der Waals surface area contributed by atoms with Crippen molar-refractivity contribution in [1.82, 2.24) is 20.1 Å². The Balaban J connectivity index is 2.19. The van der Waals surface area contributed by atoms with Gasteiger partial charge in [0.25, 0.3) is 0 Å². The fraction of sp³-hybridized carbons (Fsp3) is 0.500. The third kappa shape index (κ3) is 3.25. The summed E-state index contributed by atoms with van der Waals surface area (Å²) in [4.78, 5) is 4.44. The normalized spacial score (nSPS) is 11.3. The SMILES string of the molecule is Cc1nn(-c2cc(CNCC(C)C)ccn2)c(C)c1C. The molecule has 0 aliphatic rings. The highest BCUT2D eigenvalue weighted by Gasteiger charge is 2.10. The van der Waals surface area contributed by atoms with E-state index in [4.69, 9.17) is 0 Å². The Morgan fingerprint density at radius 1 is 1.25 bits per heavy atom. The summed E-state index contributed by atoms with van der Waals surface area (Å²) in [5, 5.41) is 8.02. The fourth-order valence-electron chi connectivity index (χ4n) is 2.14. The first-order chi connectivity index (χ1) is 9.49. The average Bonchev–Trinajstić information content (AvgIpc) is 2.66. The van der Waals surface area contributed by atoms with Crippen LogP contribution in [0.1, 0.15) is 36.4 Å². The molecule has 20 heavy (non-hydrogen) atoms. The summed E-state index contributed by atoms with van der Waals surface area (Å²) in [6, 6.07) is 4.15. The van der Waals surface area contributed by atoms with Gasteiger partial charge in [0.1, 0.15) is 0 Å². The average molecular weight is 272 g/mol. The molecule has 4 nitrogen and oxygen atoms in total. The van der Waals surface area contributed by atoms with Gasteiger partial charge in [-0.3, -0.25) is 0 Å². The fourth-order valence-corrected chi connectivity index (χ4v) is 2.14. The minimum Gasteiger partial charge on any atom is -0.312 e. The van der Waals surface area contributed by atoms with Gasteiger partial charge < -0.3 is 5.32 Å². The van der Waals surface area contributed by atoms with Crippen molar-refractivity contribution in [3.05, 3.63) is 40.8 Å². The van der Waals surface area contributed by atoms with E-state index in [2.05, 4.69) is 55.2 Å². The predicted molar refractivity (Wildman–Crippen MR) is 82.1 cm³/mol. The molecule has 2 heterocycles. The van der Waals surface area contributed by atoms with Crippen LogP contribution in [0.5, 0.6) is 0 Å². The van der Waals surface area contributed by atoms with Crippen molar-refractivity contribution in [2.24, 2.45) is 5.92 Å². The minimum absolute atomic E-state index is 0.662. The van der Waals surface area contributed by atoms with E-state index < -0.39 is 0 Å². The van der Waals surface area contributed by atoms with Gasteiger partial charge in [0, 0.05) is 18.4 Å². The third-order valence-electron chi connectivity index (χ3n) is 3.56. The Kier molecular flexibility index (Phi) is 4.55. The molecule has 1 N–H and O–H groups in total. The Hall–Kier alpha value is -1.68. The third-order valence-corrected chi connectivity index (χ3v) is 3.56. The first-order valence-electron chi connectivity index (χ1n) is 7.18. The first-order valence-corrected chi connectivity index (χ1v) is 7.18. The Morgan fingerprint density at radius 2 is 2.00 bits per heavy atom. The summed E-state index contributed by atoms with van der Waals surface area (Å²) >= 11 is 0. The minimum atomic E-state index is 0.662. The highest BCUT2D eigenvalue weighted by molar-refractivity contribution is 5.33. The van der Waals surface area contributed by atoms with Crippen LogP contribution in [0.25, 0.3) is 5.82 Å².